The number of amides is 1. The smallest absolute Gasteiger partial charge is 0.412 e. The van der Waals surface area contributed by atoms with Gasteiger partial charge in [-0.2, -0.15) is 0 Å². The fraction of sp³-hybridized carbons (Fsp3) is 0.588. The lowest BCUT2D eigenvalue weighted by atomic mass is 10.2. The van der Waals surface area contributed by atoms with E-state index in [2.05, 4.69) is 27.9 Å². The number of benzene rings is 1. The fourth-order valence-electron chi connectivity index (χ4n) is 1.65. The van der Waals surface area contributed by atoms with Gasteiger partial charge in [0.05, 0.1) is 26.4 Å². The second-order valence-corrected chi connectivity index (χ2v) is 6.99. The van der Waals surface area contributed by atoms with Gasteiger partial charge in [-0.05, 0) is 45.0 Å². The van der Waals surface area contributed by atoms with Gasteiger partial charge in [0, 0.05) is 10.1 Å². The van der Waals surface area contributed by atoms with Gasteiger partial charge in [0.2, 0.25) is 0 Å². The van der Waals surface area contributed by atoms with Crippen LogP contribution in [0.2, 0.25) is 0 Å². The number of carbonyl (C=O) groups excluding carboxylic acids is 1. The molecule has 0 bridgehead atoms. The summed E-state index contributed by atoms with van der Waals surface area (Å²) in [4.78, 5) is 11.7. The number of carbonyl (C=O) groups is 1. The molecule has 0 atom stereocenters. The monoisotopic (exact) mass is 451 g/mol. The summed E-state index contributed by atoms with van der Waals surface area (Å²) in [5, 5.41) is 2.67. The van der Waals surface area contributed by atoms with Crippen molar-refractivity contribution in [1.29, 1.82) is 0 Å². The minimum Gasteiger partial charge on any atom is -0.491 e. The summed E-state index contributed by atoms with van der Waals surface area (Å²) in [5.41, 5.74) is 0.134. The Hall–Kier alpha value is -1.06. The van der Waals surface area contributed by atoms with E-state index >= 15 is 0 Å². The second kappa shape index (κ2) is 11.5. The molecule has 0 radical (unpaired) electrons. The van der Waals surface area contributed by atoms with E-state index < -0.39 is 11.7 Å². The number of hydrogen-bond donors (Lipinski definition) is 1. The van der Waals surface area contributed by atoms with Crippen LogP contribution in [0.3, 0.4) is 0 Å². The average molecular weight is 451 g/mol. The van der Waals surface area contributed by atoms with Gasteiger partial charge in [0.1, 0.15) is 18.0 Å². The Morgan fingerprint density at radius 3 is 2.17 bits per heavy atom. The van der Waals surface area contributed by atoms with Crippen molar-refractivity contribution in [3.05, 3.63) is 24.3 Å². The van der Waals surface area contributed by atoms with E-state index in [4.69, 9.17) is 18.9 Å². The summed E-state index contributed by atoms with van der Waals surface area (Å²) >= 11 is 2.27. The van der Waals surface area contributed by atoms with Crippen molar-refractivity contribution in [1.82, 2.24) is 0 Å². The predicted octanol–water partition coefficient (Wildman–Crippen LogP) is 3.88. The number of anilines is 1. The van der Waals surface area contributed by atoms with Crippen molar-refractivity contribution in [3.63, 3.8) is 0 Å². The van der Waals surface area contributed by atoms with Crippen LogP contribution in [0.15, 0.2) is 24.3 Å². The summed E-state index contributed by atoms with van der Waals surface area (Å²) in [6.07, 6.45) is -0.477. The molecule has 6 nitrogen and oxygen atoms in total. The summed E-state index contributed by atoms with van der Waals surface area (Å²) in [5.74, 6) is 0.717. The highest BCUT2D eigenvalue weighted by Crippen LogP contribution is 2.17. The van der Waals surface area contributed by atoms with Crippen molar-refractivity contribution in [3.8, 4) is 5.75 Å². The molecule has 0 saturated carbocycles. The Morgan fingerprint density at radius 2 is 1.58 bits per heavy atom. The Morgan fingerprint density at radius 1 is 1.00 bits per heavy atom. The number of ether oxygens (including phenoxy) is 4. The maximum absolute atomic E-state index is 11.7. The Labute approximate surface area is 157 Å². The van der Waals surface area contributed by atoms with Crippen molar-refractivity contribution in [2.24, 2.45) is 0 Å². The van der Waals surface area contributed by atoms with E-state index in [9.17, 15) is 4.79 Å². The lowest BCUT2D eigenvalue weighted by Gasteiger charge is -2.19. The van der Waals surface area contributed by atoms with Crippen LogP contribution >= 0.6 is 22.6 Å². The third-order valence-corrected chi connectivity index (χ3v) is 3.03. The standard InChI is InChI=1S/C17H26INO5/c1-17(2,3)24-16(20)19-14-4-6-15(7-5-14)23-13-12-22-11-10-21-9-8-18/h4-7H,8-13H2,1-3H3,(H,19,20). The Bertz CT molecular complexity index is 473. The van der Waals surface area contributed by atoms with Crippen molar-refractivity contribution in [2.75, 3.05) is 42.8 Å². The highest BCUT2D eigenvalue weighted by molar-refractivity contribution is 14.1. The van der Waals surface area contributed by atoms with Crippen LogP contribution in [0.5, 0.6) is 5.75 Å². The second-order valence-electron chi connectivity index (χ2n) is 5.91. The average Bonchev–Trinajstić information content (AvgIpc) is 2.49. The maximum atomic E-state index is 11.7. The van der Waals surface area contributed by atoms with Gasteiger partial charge in [0.25, 0.3) is 0 Å². The number of alkyl halides is 1. The molecule has 1 aromatic rings. The van der Waals surface area contributed by atoms with Gasteiger partial charge in [-0.25, -0.2) is 4.79 Å². The zero-order chi connectivity index (χ0) is 17.8. The van der Waals surface area contributed by atoms with Gasteiger partial charge in [-0.3, -0.25) is 5.32 Å². The topological polar surface area (TPSA) is 66.0 Å². The van der Waals surface area contributed by atoms with E-state index in [0.29, 0.717) is 32.1 Å². The SMILES string of the molecule is CC(C)(C)OC(=O)Nc1ccc(OCCOCCOCCI)cc1. The third kappa shape index (κ3) is 10.7. The van der Waals surface area contributed by atoms with E-state index in [-0.39, 0.29) is 0 Å². The zero-order valence-electron chi connectivity index (χ0n) is 14.5. The predicted molar refractivity (Wildman–Crippen MR) is 102 cm³/mol. The number of nitrogens with one attached hydrogen (secondary N) is 1. The third-order valence-electron chi connectivity index (χ3n) is 2.59. The minimum atomic E-state index is -0.520. The van der Waals surface area contributed by atoms with Crippen LogP contribution in [-0.2, 0) is 14.2 Å². The lowest BCUT2D eigenvalue weighted by Crippen LogP contribution is -2.27. The van der Waals surface area contributed by atoms with Crippen LogP contribution in [-0.4, -0.2) is 49.2 Å². The van der Waals surface area contributed by atoms with Gasteiger partial charge in [-0.1, -0.05) is 22.6 Å². The zero-order valence-corrected chi connectivity index (χ0v) is 16.6. The molecule has 0 aliphatic rings. The molecular weight excluding hydrogens is 425 g/mol. The highest BCUT2D eigenvalue weighted by Gasteiger charge is 2.16. The first-order chi connectivity index (χ1) is 11.4. The molecule has 0 fully saturated rings. The Kier molecular flexibility index (Phi) is 10.0. The van der Waals surface area contributed by atoms with Crippen LogP contribution < -0.4 is 10.1 Å². The molecule has 1 N–H and O–H groups in total. The largest absolute Gasteiger partial charge is 0.491 e. The molecule has 24 heavy (non-hydrogen) atoms. The molecule has 0 aliphatic carbocycles. The molecule has 0 heterocycles. The molecule has 0 aromatic heterocycles. The quantitative estimate of drug-likeness (QED) is 0.332. The van der Waals surface area contributed by atoms with Crippen LogP contribution in [0.4, 0.5) is 10.5 Å². The number of rotatable bonds is 10. The summed E-state index contributed by atoms with van der Waals surface area (Å²) in [6.45, 7) is 8.36. The lowest BCUT2D eigenvalue weighted by molar-refractivity contribution is 0.0417. The molecular formula is C17H26INO5. The van der Waals surface area contributed by atoms with Gasteiger partial charge >= 0.3 is 6.09 Å². The molecule has 0 unspecified atom stereocenters. The molecule has 1 amide bonds. The van der Waals surface area contributed by atoms with Gasteiger partial charge in [-0.15, -0.1) is 0 Å². The first-order valence-electron chi connectivity index (χ1n) is 7.85. The van der Waals surface area contributed by atoms with E-state index in [1.165, 1.54) is 0 Å². The molecule has 1 aromatic carbocycles. The van der Waals surface area contributed by atoms with Gasteiger partial charge < -0.3 is 18.9 Å². The first kappa shape index (κ1) is 21.0. The molecule has 7 heteroatoms. The molecule has 0 saturated heterocycles. The number of hydrogen-bond acceptors (Lipinski definition) is 5. The maximum Gasteiger partial charge on any atom is 0.412 e. The molecule has 1 rings (SSSR count). The van der Waals surface area contributed by atoms with Crippen LogP contribution in [0, 0.1) is 0 Å². The summed E-state index contributed by atoms with van der Waals surface area (Å²) < 4.78 is 22.4. The highest BCUT2D eigenvalue weighted by atomic mass is 127. The summed E-state index contributed by atoms with van der Waals surface area (Å²) in [6, 6.07) is 7.10. The molecule has 136 valence electrons. The van der Waals surface area contributed by atoms with Crippen LogP contribution in [0.25, 0.3) is 0 Å². The van der Waals surface area contributed by atoms with Crippen molar-refractivity contribution < 1.29 is 23.7 Å². The van der Waals surface area contributed by atoms with E-state index in [1.807, 2.05) is 20.8 Å². The van der Waals surface area contributed by atoms with Crippen molar-refractivity contribution in [2.45, 2.75) is 26.4 Å². The van der Waals surface area contributed by atoms with Crippen molar-refractivity contribution >= 4 is 34.4 Å². The molecule has 0 aliphatic heterocycles. The summed E-state index contributed by atoms with van der Waals surface area (Å²) in [7, 11) is 0. The number of halogens is 1. The normalized spacial score (nSPS) is 11.2. The minimum absolute atomic E-state index is 0.463. The fourth-order valence-corrected chi connectivity index (χ4v) is 1.96. The van der Waals surface area contributed by atoms with E-state index in [1.54, 1.807) is 24.3 Å². The van der Waals surface area contributed by atoms with Gasteiger partial charge in [0.15, 0.2) is 0 Å². The van der Waals surface area contributed by atoms with E-state index in [0.717, 1.165) is 16.8 Å². The molecule has 0 spiro atoms. The first-order valence-corrected chi connectivity index (χ1v) is 9.37. The van der Waals surface area contributed by atoms with Crippen LogP contribution in [0.1, 0.15) is 20.8 Å². The Balaban J connectivity index is 2.19.